The van der Waals surface area contributed by atoms with E-state index in [0.29, 0.717) is 5.56 Å². The minimum atomic E-state index is -1.49. The maximum absolute atomic E-state index is 8.76. The highest BCUT2D eigenvalue weighted by molar-refractivity contribution is 7.20. The average Bonchev–Trinajstić information content (AvgIpc) is 3.41. The lowest BCUT2D eigenvalue weighted by atomic mass is 9.66. The number of benzene rings is 2. The van der Waals surface area contributed by atoms with Gasteiger partial charge in [-0.3, -0.25) is 4.98 Å². The molecule has 2 nitrogen and oxygen atoms in total. The number of nitrogens with zero attached hydrogens (tertiary/aromatic N) is 1. The number of rotatable bonds is 2. The zero-order valence-corrected chi connectivity index (χ0v) is 22.6. The van der Waals surface area contributed by atoms with E-state index in [1.54, 1.807) is 12.3 Å². The molecule has 0 aliphatic heterocycles. The van der Waals surface area contributed by atoms with Crippen LogP contribution in [-0.2, 0) is 17.2 Å². The van der Waals surface area contributed by atoms with E-state index in [4.69, 9.17) is 7.16 Å². The number of aromatic nitrogens is 1. The molecular weight excluding hydrogens is 446 g/mol. The number of thiophene rings is 1. The summed E-state index contributed by atoms with van der Waals surface area (Å²) in [6.07, 6.45) is 2.60. The zero-order valence-electron chi connectivity index (χ0n) is 23.8. The van der Waals surface area contributed by atoms with Crippen LogP contribution in [0, 0.1) is 5.41 Å². The maximum atomic E-state index is 8.76. The topological polar surface area (TPSA) is 26.0 Å². The normalized spacial score (nSPS) is 18.6. The van der Waals surface area contributed by atoms with Crippen LogP contribution in [0.2, 0.25) is 0 Å². The van der Waals surface area contributed by atoms with Crippen molar-refractivity contribution >= 4 is 43.4 Å². The summed E-state index contributed by atoms with van der Waals surface area (Å²) in [6, 6.07) is 14.4. The van der Waals surface area contributed by atoms with Crippen molar-refractivity contribution in [2.75, 3.05) is 0 Å². The van der Waals surface area contributed by atoms with E-state index in [-0.39, 0.29) is 10.8 Å². The van der Waals surface area contributed by atoms with Gasteiger partial charge in [-0.05, 0) is 70.9 Å². The van der Waals surface area contributed by atoms with Gasteiger partial charge >= 0.3 is 0 Å². The Balaban J connectivity index is 1.61. The monoisotopic (exact) mass is 483 g/mol. The molecule has 35 heavy (non-hydrogen) atoms. The summed E-state index contributed by atoms with van der Waals surface area (Å²) in [5.74, 6) is 0. The average molecular weight is 484 g/mol. The summed E-state index contributed by atoms with van der Waals surface area (Å²) in [5, 5.41) is 3.52. The van der Waals surface area contributed by atoms with E-state index < -0.39 is 11.8 Å². The van der Waals surface area contributed by atoms with E-state index >= 15 is 0 Å². The van der Waals surface area contributed by atoms with Gasteiger partial charge in [0.1, 0.15) is 5.58 Å². The highest BCUT2D eigenvalue weighted by atomic mass is 32.1. The second-order valence-electron chi connectivity index (χ2n) is 12.5. The van der Waals surface area contributed by atoms with Gasteiger partial charge in [0.25, 0.3) is 0 Å². The fraction of sp³-hybridized carbons (Fsp3) is 0.406. The molecule has 5 aromatic rings. The van der Waals surface area contributed by atoms with E-state index in [9.17, 15) is 0 Å². The first-order valence-electron chi connectivity index (χ1n) is 13.6. The van der Waals surface area contributed by atoms with Crippen LogP contribution in [0.4, 0.5) is 0 Å². The Morgan fingerprint density at radius 1 is 0.943 bits per heavy atom. The highest BCUT2D eigenvalue weighted by Crippen LogP contribution is 2.54. The molecule has 6 rings (SSSR count). The van der Waals surface area contributed by atoms with Crippen molar-refractivity contribution in [3.63, 3.8) is 0 Å². The number of fused-ring (bicyclic) bond motifs is 7. The summed E-state index contributed by atoms with van der Waals surface area (Å²) in [7, 11) is 0. The van der Waals surface area contributed by atoms with E-state index in [1.807, 2.05) is 44.2 Å². The number of furan rings is 1. The van der Waals surface area contributed by atoms with Crippen LogP contribution in [0.1, 0.15) is 80.1 Å². The third-order valence-electron chi connectivity index (χ3n) is 7.54. The molecule has 180 valence electrons. The van der Waals surface area contributed by atoms with Crippen molar-refractivity contribution in [2.24, 2.45) is 5.41 Å². The van der Waals surface area contributed by atoms with Gasteiger partial charge in [-0.1, -0.05) is 66.7 Å². The Bertz CT molecular complexity index is 1700. The number of pyridine rings is 1. The molecule has 3 aromatic heterocycles. The summed E-state index contributed by atoms with van der Waals surface area (Å²) >= 11 is 1.90. The molecule has 0 fully saturated rings. The summed E-state index contributed by atoms with van der Waals surface area (Å²) in [5.41, 5.74) is 5.29. The first kappa shape index (κ1) is 20.5. The first-order valence-corrected chi connectivity index (χ1v) is 13.4. The van der Waals surface area contributed by atoms with Crippen molar-refractivity contribution in [3.8, 4) is 11.3 Å². The van der Waals surface area contributed by atoms with Crippen molar-refractivity contribution in [1.82, 2.24) is 4.98 Å². The van der Waals surface area contributed by atoms with E-state index in [2.05, 4.69) is 56.9 Å². The third kappa shape index (κ3) is 3.62. The lowest BCUT2D eigenvalue weighted by Crippen LogP contribution is -2.32. The molecule has 3 heteroatoms. The Morgan fingerprint density at radius 3 is 2.43 bits per heavy atom. The van der Waals surface area contributed by atoms with Gasteiger partial charge in [-0.25, -0.2) is 0 Å². The van der Waals surface area contributed by atoms with Crippen molar-refractivity contribution in [3.05, 3.63) is 64.7 Å². The molecule has 0 unspecified atom stereocenters. The van der Waals surface area contributed by atoms with Crippen LogP contribution in [0.3, 0.4) is 0 Å². The van der Waals surface area contributed by atoms with Gasteiger partial charge in [0, 0.05) is 35.5 Å². The molecule has 1 aliphatic rings. The molecule has 1 aliphatic carbocycles. The highest BCUT2D eigenvalue weighted by Gasteiger charge is 2.40. The standard InChI is InChI=1S/C32H35NOS/c1-30(2,3)18-19-13-16-33-24(17-19)22-10-8-9-20-21-11-12-23-25-29(32(6,7)15-14-31(25,4)5)35-28(23)27(21)34-26(20)22/h8-13,16-17H,14-15,18H2,1-7H3/i18D2. The minimum absolute atomic E-state index is 0.143. The van der Waals surface area contributed by atoms with Crippen LogP contribution in [-0.4, -0.2) is 4.98 Å². The van der Waals surface area contributed by atoms with Crippen molar-refractivity contribution in [2.45, 2.75) is 78.5 Å². The van der Waals surface area contributed by atoms with Crippen LogP contribution < -0.4 is 0 Å². The van der Waals surface area contributed by atoms with Gasteiger partial charge in [0.2, 0.25) is 0 Å². The molecule has 3 heterocycles. The SMILES string of the molecule is [2H]C([2H])(c1ccnc(-c2cccc3c2oc2c3ccc3c4c(sc32)C(C)(C)CCC4(C)C)c1)C(C)(C)C. The molecule has 0 saturated heterocycles. The van der Waals surface area contributed by atoms with Gasteiger partial charge in [-0.15, -0.1) is 11.3 Å². The molecule has 0 radical (unpaired) electrons. The quantitative estimate of drug-likeness (QED) is 0.250. The second-order valence-corrected chi connectivity index (χ2v) is 13.5. The molecule has 2 aromatic carbocycles. The Morgan fingerprint density at radius 2 is 1.66 bits per heavy atom. The van der Waals surface area contributed by atoms with Crippen LogP contribution in [0.25, 0.3) is 43.3 Å². The van der Waals surface area contributed by atoms with Crippen LogP contribution in [0.15, 0.2) is 53.1 Å². The van der Waals surface area contributed by atoms with Crippen LogP contribution >= 0.6 is 11.3 Å². The fourth-order valence-electron chi connectivity index (χ4n) is 5.71. The van der Waals surface area contributed by atoms with Crippen molar-refractivity contribution in [1.29, 1.82) is 0 Å². The first-order chi connectivity index (χ1) is 17.2. The number of para-hydroxylation sites is 1. The summed E-state index contributed by atoms with van der Waals surface area (Å²) < 4.78 is 25.5. The minimum Gasteiger partial charge on any atom is -0.454 e. The number of hydrogen-bond donors (Lipinski definition) is 0. The van der Waals surface area contributed by atoms with Crippen molar-refractivity contribution < 1.29 is 7.16 Å². The molecule has 0 saturated carbocycles. The predicted molar refractivity (Wildman–Crippen MR) is 151 cm³/mol. The summed E-state index contributed by atoms with van der Waals surface area (Å²) in [4.78, 5) is 6.15. The molecule has 0 N–H and O–H groups in total. The van der Waals surface area contributed by atoms with E-state index in [1.165, 1.54) is 33.4 Å². The Kier molecular flexibility index (Phi) is 4.36. The number of hydrogen-bond acceptors (Lipinski definition) is 3. The molecule has 0 atom stereocenters. The molecule has 0 bridgehead atoms. The predicted octanol–water partition coefficient (Wildman–Crippen LogP) is 9.80. The smallest absolute Gasteiger partial charge is 0.153 e. The maximum Gasteiger partial charge on any atom is 0.153 e. The summed E-state index contributed by atoms with van der Waals surface area (Å²) in [6.45, 7) is 15.3. The van der Waals surface area contributed by atoms with E-state index in [0.717, 1.165) is 33.2 Å². The Labute approximate surface area is 215 Å². The lowest BCUT2D eigenvalue weighted by Gasteiger charge is -2.39. The zero-order chi connectivity index (χ0) is 26.5. The van der Waals surface area contributed by atoms with Gasteiger partial charge in [0.15, 0.2) is 5.58 Å². The molecular formula is C32H35NOS. The molecule has 0 amide bonds. The van der Waals surface area contributed by atoms with Gasteiger partial charge in [-0.2, -0.15) is 0 Å². The van der Waals surface area contributed by atoms with Gasteiger partial charge in [0.05, 0.1) is 10.4 Å². The van der Waals surface area contributed by atoms with Gasteiger partial charge < -0.3 is 4.42 Å². The second kappa shape index (κ2) is 7.43. The van der Waals surface area contributed by atoms with Crippen LogP contribution in [0.5, 0.6) is 0 Å². The third-order valence-corrected chi connectivity index (χ3v) is 9.11. The largest absolute Gasteiger partial charge is 0.454 e. The molecule has 0 spiro atoms. The lowest BCUT2D eigenvalue weighted by molar-refractivity contribution is 0.341. The fourth-order valence-corrected chi connectivity index (χ4v) is 7.31. The Hall–Kier alpha value is -2.65.